The molecule has 1 aliphatic rings. The van der Waals surface area contributed by atoms with Crippen LogP contribution in [0.5, 0.6) is 0 Å². The minimum Gasteiger partial charge on any atom is -0.302 e. The Hall–Kier alpha value is -2.01. The van der Waals surface area contributed by atoms with Gasteiger partial charge < -0.3 is 5.32 Å². The molecule has 0 bridgehead atoms. The van der Waals surface area contributed by atoms with E-state index in [1.165, 1.54) is 23.5 Å². The van der Waals surface area contributed by atoms with Crippen molar-refractivity contribution in [1.82, 2.24) is 4.98 Å². The monoisotopic (exact) mass is 302 g/mol. The topological polar surface area (TPSA) is 42.0 Å². The van der Waals surface area contributed by atoms with Crippen LogP contribution in [0, 0.1) is 11.7 Å². The van der Waals surface area contributed by atoms with Crippen LogP contribution in [0.15, 0.2) is 41.8 Å². The van der Waals surface area contributed by atoms with Crippen molar-refractivity contribution < 1.29 is 9.18 Å². The lowest BCUT2D eigenvalue weighted by Gasteiger charge is -2.06. The smallest absolute Gasteiger partial charge is 0.226 e. The lowest BCUT2D eigenvalue weighted by Crippen LogP contribution is -2.14. The summed E-state index contributed by atoms with van der Waals surface area (Å²) in [5, 5.41) is 5.27. The van der Waals surface area contributed by atoms with E-state index in [1.807, 2.05) is 5.38 Å². The fraction of sp³-hybridized carbons (Fsp3) is 0.250. The van der Waals surface area contributed by atoms with E-state index in [9.17, 15) is 9.18 Å². The number of anilines is 1. The molecule has 1 heterocycles. The van der Waals surface area contributed by atoms with Gasteiger partial charge in [0.05, 0.1) is 5.69 Å². The molecule has 3 nitrogen and oxygen atoms in total. The third-order valence-electron chi connectivity index (χ3n) is 3.45. The third-order valence-corrected chi connectivity index (χ3v) is 4.21. The Labute approximate surface area is 126 Å². The molecule has 1 atom stereocenters. The molecule has 0 radical (unpaired) electrons. The van der Waals surface area contributed by atoms with Crippen molar-refractivity contribution in [2.24, 2.45) is 5.92 Å². The molecule has 21 heavy (non-hydrogen) atoms. The first-order valence-corrected chi connectivity index (χ1v) is 7.76. The Bertz CT molecular complexity index is 663. The van der Waals surface area contributed by atoms with Crippen LogP contribution in [0.1, 0.15) is 19.3 Å². The highest BCUT2D eigenvalue weighted by Crippen LogP contribution is 2.26. The molecule has 0 fully saturated rings. The zero-order chi connectivity index (χ0) is 14.7. The number of amides is 1. The molecular weight excluding hydrogens is 287 g/mol. The van der Waals surface area contributed by atoms with Crippen molar-refractivity contribution >= 4 is 22.4 Å². The van der Waals surface area contributed by atoms with Gasteiger partial charge in [0.2, 0.25) is 5.91 Å². The number of hydrogen-bond acceptors (Lipinski definition) is 3. The highest BCUT2D eigenvalue weighted by Gasteiger charge is 2.15. The molecule has 0 unspecified atom stereocenters. The van der Waals surface area contributed by atoms with Gasteiger partial charge in [-0.3, -0.25) is 4.79 Å². The molecule has 1 amide bonds. The van der Waals surface area contributed by atoms with Gasteiger partial charge in [-0.05, 0) is 43.0 Å². The first-order chi connectivity index (χ1) is 10.2. The average Bonchev–Trinajstić information content (AvgIpc) is 3.11. The second-order valence-corrected chi connectivity index (χ2v) is 5.92. The molecule has 2 aromatic rings. The summed E-state index contributed by atoms with van der Waals surface area (Å²) in [6.07, 6.45) is 6.83. The van der Waals surface area contributed by atoms with E-state index < -0.39 is 0 Å². The maximum Gasteiger partial charge on any atom is 0.226 e. The highest BCUT2D eigenvalue weighted by molar-refractivity contribution is 7.14. The van der Waals surface area contributed by atoms with Crippen LogP contribution in [-0.4, -0.2) is 10.9 Å². The predicted molar refractivity (Wildman–Crippen MR) is 82.6 cm³/mol. The fourth-order valence-electron chi connectivity index (χ4n) is 2.36. The van der Waals surface area contributed by atoms with Crippen LogP contribution < -0.4 is 5.32 Å². The molecule has 0 saturated carbocycles. The Morgan fingerprint density at radius 3 is 2.90 bits per heavy atom. The van der Waals surface area contributed by atoms with Crippen molar-refractivity contribution in [3.8, 4) is 11.3 Å². The van der Waals surface area contributed by atoms with Gasteiger partial charge in [0.15, 0.2) is 5.13 Å². The quantitative estimate of drug-likeness (QED) is 0.858. The first-order valence-electron chi connectivity index (χ1n) is 6.89. The molecular formula is C16H15FN2OS. The summed E-state index contributed by atoms with van der Waals surface area (Å²) in [5.74, 6) is 0.0696. The molecule has 1 aromatic carbocycles. The number of benzene rings is 1. The standard InChI is InChI=1S/C16H15FN2OS/c17-13-7-5-12(6-8-13)14-10-21-16(18-14)19-15(20)9-11-3-1-2-4-11/h1,3,5-8,10-11H,2,4,9H2,(H,18,19,20)/t11-/m1/s1. The summed E-state index contributed by atoms with van der Waals surface area (Å²) >= 11 is 1.38. The van der Waals surface area contributed by atoms with Crippen LogP contribution >= 0.6 is 11.3 Å². The number of nitrogens with one attached hydrogen (secondary N) is 1. The van der Waals surface area contributed by atoms with Gasteiger partial charge in [-0.2, -0.15) is 0 Å². The Balaban J connectivity index is 1.63. The van der Waals surface area contributed by atoms with Gasteiger partial charge in [0.1, 0.15) is 5.82 Å². The number of carbonyl (C=O) groups is 1. The SMILES string of the molecule is O=C(C[C@@H]1C=CCC1)Nc1nc(-c2ccc(F)cc2)cs1. The minimum atomic E-state index is -0.271. The number of hydrogen-bond donors (Lipinski definition) is 1. The fourth-order valence-corrected chi connectivity index (χ4v) is 3.09. The zero-order valence-electron chi connectivity index (χ0n) is 11.4. The second-order valence-electron chi connectivity index (χ2n) is 5.06. The van der Waals surface area contributed by atoms with Crippen molar-refractivity contribution in [3.63, 3.8) is 0 Å². The summed E-state index contributed by atoms with van der Waals surface area (Å²) in [6.45, 7) is 0. The number of rotatable bonds is 4. The molecule has 1 N–H and O–H groups in total. The van der Waals surface area contributed by atoms with Gasteiger partial charge in [-0.15, -0.1) is 11.3 Å². The molecule has 0 spiro atoms. The number of aromatic nitrogens is 1. The van der Waals surface area contributed by atoms with E-state index in [4.69, 9.17) is 0 Å². The van der Waals surface area contributed by atoms with E-state index in [2.05, 4.69) is 22.5 Å². The average molecular weight is 302 g/mol. The predicted octanol–water partition coefficient (Wildman–Crippen LogP) is 4.24. The minimum absolute atomic E-state index is 0.00782. The van der Waals surface area contributed by atoms with Gasteiger partial charge in [0, 0.05) is 17.4 Å². The van der Waals surface area contributed by atoms with Crippen molar-refractivity contribution in [2.45, 2.75) is 19.3 Å². The third kappa shape index (κ3) is 3.55. The van der Waals surface area contributed by atoms with E-state index >= 15 is 0 Å². The normalized spacial score (nSPS) is 17.1. The number of thiazole rings is 1. The number of allylic oxidation sites excluding steroid dienone is 2. The van der Waals surface area contributed by atoms with Gasteiger partial charge in [0.25, 0.3) is 0 Å². The summed E-state index contributed by atoms with van der Waals surface area (Å²) in [6, 6.07) is 6.16. The van der Waals surface area contributed by atoms with E-state index in [1.54, 1.807) is 12.1 Å². The highest BCUT2D eigenvalue weighted by atomic mass is 32.1. The van der Waals surface area contributed by atoms with E-state index in [-0.39, 0.29) is 11.7 Å². The van der Waals surface area contributed by atoms with Crippen LogP contribution in [0.25, 0.3) is 11.3 Å². The first kappa shape index (κ1) is 13.9. The largest absolute Gasteiger partial charge is 0.302 e. The number of nitrogens with zero attached hydrogens (tertiary/aromatic N) is 1. The molecule has 108 valence electrons. The lowest BCUT2D eigenvalue weighted by atomic mass is 10.1. The number of carbonyl (C=O) groups excluding carboxylic acids is 1. The Morgan fingerprint density at radius 2 is 2.19 bits per heavy atom. The second kappa shape index (κ2) is 6.18. The van der Waals surface area contributed by atoms with Gasteiger partial charge >= 0.3 is 0 Å². The number of halogens is 1. The lowest BCUT2D eigenvalue weighted by molar-refractivity contribution is -0.116. The van der Waals surface area contributed by atoms with Crippen LogP contribution in [0.2, 0.25) is 0 Å². The molecule has 1 aliphatic carbocycles. The molecule has 0 saturated heterocycles. The summed E-state index contributed by atoms with van der Waals surface area (Å²) in [4.78, 5) is 16.3. The van der Waals surface area contributed by atoms with Gasteiger partial charge in [-0.1, -0.05) is 12.2 Å². The maximum atomic E-state index is 12.9. The van der Waals surface area contributed by atoms with Gasteiger partial charge in [-0.25, -0.2) is 9.37 Å². The summed E-state index contributed by atoms with van der Waals surface area (Å²) in [5.41, 5.74) is 1.59. The van der Waals surface area contributed by atoms with E-state index in [0.717, 1.165) is 24.1 Å². The van der Waals surface area contributed by atoms with Crippen LogP contribution in [0.4, 0.5) is 9.52 Å². The molecule has 5 heteroatoms. The molecule has 1 aromatic heterocycles. The van der Waals surface area contributed by atoms with E-state index in [0.29, 0.717) is 17.5 Å². The molecule has 0 aliphatic heterocycles. The van der Waals surface area contributed by atoms with Crippen molar-refractivity contribution in [3.05, 3.63) is 47.6 Å². The Kier molecular flexibility index (Phi) is 4.10. The van der Waals surface area contributed by atoms with Crippen molar-refractivity contribution in [1.29, 1.82) is 0 Å². The maximum absolute atomic E-state index is 12.9. The Morgan fingerprint density at radius 1 is 1.38 bits per heavy atom. The van der Waals surface area contributed by atoms with Crippen LogP contribution in [0.3, 0.4) is 0 Å². The summed E-state index contributed by atoms with van der Waals surface area (Å²) < 4.78 is 12.9. The van der Waals surface area contributed by atoms with Crippen molar-refractivity contribution in [2.75, 3.05) is 5.32 Å². The van der Waals surface area contributed by atoms with Crippen LogP contribution in [-0.2, 0) is 4.79 Å². The summed E-state index contributed by atoms with van der Waals surface area (Å²) in [7, 11) is 0. The molecule has 3 rings (SSSR count). The zero-order valence-corrected chi connectivity index (χ0v) is 12.2.